The first-order chi connectivity index (χ1) is 16.9. The third-order valence-electron chi connectivity index (χ3n) is 5.52. The predicted molar refractivity (Wildman–Crippen MR) is 137 cm³/mol. The zero-order chi connectivity index (χ0) is 26.1. The number of amides is 1. The molecule has 2 heterocycles. The standard InChI is InChI=1S/C26H28N4O5S/c1-16-17(2)35-29-24(16)30-36(32,33)22-9-7-6-8-20(22)19-11-10-18(25-27-12-13-34-25)14-21(19)28-23(31)15-26(3,4)5/h6-14H,15H2,1-5H3,(H,28,31)(H,29,30). The molecular formula is C26H28N4O5S. The molecule has 0 bridgehead atoms. The number of carbonyl (C=O) groups is 1. The number of anilines is 2. The summed E-state index contributed by atoms with van der Waals surface area (Å²) >= 11 is 0. The van der Waals surface area contributed by atoms with Crippen molar-refractivity contribution in [1.82, 2.24) is 10.1 Å². The van der Waals surface area contributed by atoms with Crippen molar-refractivity contribution in [2.45, 2.75) is 45.9 Å². The largest absolute Gasteiger partial charge is 0.445 e. The number of rotatable bonds is 7. The molecule has 0 aliphatic carbocycles. The second-order valence-electron chi connectivity index (χ2n) is 9.70. The number of hydrogen-bond donors (Lipinski definition) is 2. The zero-order valence-corrected chi connectivity index (χ0v) is 21.6. The molecule has 10 heteroatoms. The fourth-order valence-corrected chi connectivity index (χ4v) is 4.96. The fraction of sp³-hybridized carbons (Fsp3) is 0.269. The first-order valence-electron chi connectivity index (χ1n) is 11.3. The van der Waals surface area contributed by atoms with Crippen LogP contribution in [0.15, 0.2) is 68.8 Å². The van der Waals surface area contributed by atoms with Gasteiger partial charge in [-0.1, -0.05) is 50.2 Å². The number of aromatic nitrogens is 2. The number of oxazole rings is 1. The van der Waals surface area contributed by atoms with E-state index in [1.165, 1.54) is 18.5 Å². The average molecular weight is 509 g/mol. The van der Waals surface area contributed by atoms with Gasteiger partial charge in [0.25, 0.3) is 10.0 Å². The van der Waals surface area contributed by atoms with Crippen LogP contribution in [-0.2, 0) is 14.8 Å². The Morgan fingerprint density at radius 3 is 2.44 bits per heavy atom. The topological polar surface area (TPSA) is 127 Å². The Morgan fingerprint density at radius 1 is 1.06 bits per heavy atom. The van der Waals surface area contributed by atoms with Crippen LogP contribution in [0.1, 0.15) is 38.5 Å². The smallest absolute Gasteiger partial charge is 0.263 e. The van der Waals surface area contributed by atoms with Gasteiger partial charge in [-0.05, 0) is 37.5 Å². The second kappa shape index (κ2) is 9.62. The SMILES string of the molecule is Cc1onc(NS(=O)(=O)c2ccccc2-c2ccc(-c3ncco3)cc2NC(=O)CC(C)(C)C)c1C. The van der Waals surface area contributed by atoms with Crippen molar-refractivity contribution >= 4 is 27.4 Å². The normalized spacial score (nSPS) is 11.9. The number of sulfonamides is 1. The van der Waals surface area contributed by atoms with Gasteiger partial charge in [-0.25, -0.2) is 13.4 Å². The minimum Gasteiger partial charge on any atom is -0.445 e. The maximum Gasteiger partial charge on any atom is 0.263 e. The molecule has 0 unspecified atom stereocenters. The number of nitrogens with one attached hydrogen (secondary N) is 2. The average Bonchev–Trinajstić information content (AvgIpc) is 3.44. The van der Waals surface area contributed by atoms with E-state index < -0.39 is 10.0 Å². The fourth-order valence-electron chi connectivity index (χ4n) is 3.68. The van der Waals surface area contributed by atoms with Crippen molar-refractivity contribution in [3.8, 4) is 22.6 Å². The van der Waals surface area contributed by atoms with Crippen molar-refractivity contribution in [1.29, 1.82) is 0 Å². The van der Waals surface area contributed by atoms with Gasteiger partial charge in [-0.2, -0.15) is 0 Å². The second-order valence-corrected chi connectivity index (χ2v) is 11.3. The molecule has 0 fully saturated rings. The van der Waals surface area contributed by atoms with Crippen LogP contribution in [-0.4, -0.2) is 24.5 Å². The molecule has 0 aliphatic heterocycles. The summed E-state index contributed by atoms with van der Waals surface area (Å²) in [6.45, 7) is 9.34. The molecule has 0 saturated carbocycles. The molecule has 4 aromatic rings. The highest BCUT2D eigenvalue weighted by Crippen LogP contribution is 2.37. The Balaban J connectivity index is 1.80. The summed E-state index contributed by atoms with van der Waals surface area (Å²) in [5.74, 6) is 0.833. The molecule has 9 nitrogen and oxygen atoms in total. The summed E-state index contributed by atoms with van der Waals surface area (Å²) in [6, 6.07) is 11.8. The molecule has 4 rings (SSSR count). The van der Waals surface area contributed by atoms with Crippen molar-refractivity contribution in [3.63, 3.8) is 0 Å². The van der Waals surface area contributed by atoms with E-state index in [-0.39, 0.29) is 28.5 Å². The Bertz CT molecular complexity index is 1500. The number of aryl methyl sites for hydroxylation is 1. The van der Waals surface area contributed by atoms with Crippen LogP contribution >= 0.6 is 0 Å². The van der Waals surface area contributed by atoms with Gasteiger partial charge in [0.05, 0.1) is 11.1 Å². The van der Waals surface area contributed by atoms with Crippen LogP contribution in [0.3, 0.4) is 0 Å². The van der Waals surface area contributed by atoms with Gasteiger partial charge in [-0.15, -0.1) is 0 Å². The predicted octanol–water partition coefficient (Wildman–Crippen LogP) is 5.79. The third-order valence-corrected chi connectivity index (χ3v) is 6.92. The monoisotopic (exact) mass is 508 g/mol. The van der Waals surface area contributed by atoms with E-state index in [1.54, 1.807) is 50.2 Å². The van der Waals surface area contributed by atoms with Crippen LogP contribution in [0.5, 0.6) is 0 Å². The molecule has 1 amide bonds. The van der Waals surface area contributed by atoms with Gasteiger partial charge in [-0.3, -0.25) is 9.52 Å². The van der Waals surface area contributed by atoms with Crippen LogP contribution in [0.25, 0.3) is 22.6 Å². The summed E-state index contributed by atoms with van der Waals surface area (Å²) in [5, 5.41) is 6.78. The highest BCUT2D eigenvalue weighted by atomic mass is 32.2. The molecule has 0 spiro atoms. The molecule has 0 saturated heterocycles. The molecular weight excluding hydrogens is 480 g/mol. The first kappa shape index (κ1) is 25.2. The van der Waals surface area contributed by atoms with Crippen LogP contribution in [0.4, 0.5) is 11.5 Å². The Labute approximate surface area is 210 Å². The number of hydrogen-bond acceptors (Lipinski definition) is 7. The van der Waals surface area contributed by atoms with Crippen LogP contribution < -0.4 is 10.0 Å². The van der Waals surface area contributed by atoms with Crippen molar-refractivity contribution in [2.75, 3.05) is 10.0 Å². The minimum absolute atomic E-state index is 0.0280. The van der Waals surface area contributed by atoms with Crippen molar-refractivity contribution < 1.29 is 22.2 Å². The van der Waals surface area contributed by atoms with Gasteiger partial charge in [0.2, 0.25) is 11.8 Å². The van der Waals surface area contributed by atoms with E-state index in [9.17, 15) is 13.2 Å². The molecule has 2 aromatic carbocycles. The third kappa shape index (κ3) is 5.49. The Morgan fingerprint density at radius 2 is 1.81 bits per heavy atom. The Hall–Kier alpha value is -3.92. The van der Waals surface area contributed by atoms with E-state index in [0.717, 1.165) is 0 Å². The summed E-state index contributed by atoms with van der Waals surface area (Å²) in [7, 11) is -4.04. The maximum absolute atomic E-state index is 13.4. The maximum atomic E-state index is 13.4. The lowest BCUT2D eigenvalue weighted by Crippen LogP contribution is -2.20. The van der Waals surface area contributed by atoms with Crippen molar-refractivity contribution in [2.24, 2.45) is 5.41 Å². The van der Waals surface area contributed by atoms with Gasteiger partial charge < -0.3 is 14.3 Å². The minimum atomic E-state index is -4.04. The molecule has 2 N–H and O–H groups in total. The Kier molecular flexibility index (Phi) is 6.73. The van der Waals surface area contributed by atoms with Gasteiger partial charge in [0.1, 0.15) is 12.0 Å². The van der Waals surface area contributed by atoms with Crippen LogP contribution in [0.2, 0.25) is 0 Å². The number of carbonyl (C=O) groups excluding carboxylic acids is 1. The number of benzene rings is 2. The molecule has 0 radical (unpaired) electrons. The summed E-state index contributed by atoms with van der Waals surface area (Å²) in [4.78, 5) is 17.1. The molecule has 36 heavy (non-hydrogen) atoms. The summed E-state index contributed by atoms with van der Waals surface area (Å²) < 4.78 is 39.9. The van der Waals surface area contributed by atoms with Gasteiger partial charge in [0, 0.05) is 34.4 Å². The highest BCUT2D eigenvalue weighted by molar-refractivity contribution is 7.92. The summed E-state index contributed by atoms with van der Waals surface area (Å²) in [6.07, 6.45) is 3.27. The van der Waals surface area contributed by atoms with E-state index >= 15 is 0 Å². The summed E-state index contributed by atoms with van der Waals surface area (Å²) in [5.41, 5.74) is 2.39. The quantitative estimate of drug-likeness (QED) is 0.323. The van der Waals surface area contributed by atoms with E-state index in [0.29, 0.717) is 39.6 Å². The number of nitrogens with zero attached hydrogens (tertiary/aromatic N) is 2. The molecule has 188 valence electrons. The van der Waals surface area contributed by atoms with Gasteiger partial charge >= 0.3 is 0 Å². The lowest BCUT2D eigenvalue weighted by Gasteiger charge is -2.20. The van der Waals surface area contributed by atoms with E-state index in [1.807, 2.05) is 20.8 Å². The zero-order valence-electron chi connectivity index (χ0n) is 20.7. The van der Waals surface area contributed by atoms with E-state index in [2.05, 4.69) is 20.2 Å². The molecule has 2 aromatic heterocycles. The first-order valence-corrected chi connectivity index (χ1v) is 12.8. The van der Waals surface area contributed by atoms with Crippen molar-refractivity contribution in [3.05, 3.63) is 66.2 Å². The van der Waals surface area contributed by atoms with Gasteiger partial charge in [0.15, 0.2) is 5.82 Å². The highest BCUT2D eigenvalue weighted by Gasteiger charge is 2.25. The molecule has 0 atom stereocenters. The molecule has 0 aliphatic rings. The lowest BCUT2D eigenvalue weighted by atomic mass is 9.91. The van der Waals surface area contributed by atoms with E-state index in [4.69, 9.17) is 8.94 Å². The lowest BCUT2D eigenvalue weighted by molar-refractivity contribution is -0.117. The van der Waals surface area contributed by atoms with Crippen LogP contribution in [0, 0.1) is 19.3 Å².